The van der Waals surface area contributed by atoms with Crippen LogP contribution in [-0.4, -0.2) is 61.0 Å². The van der Waals surface area contributed by atoms with Crippen molar-refractivity contribution in [2.24, 2.45) is 0 Å². The van der Waals surface area contributed by atoms with Crippen molar-refractivity contribution in [2.75, 3.05) is 44.8 Å². The van der Waals surface area contributed by atoms with E-state index in [1.165, 1.54) is 5.69 Å². The zero-order chi connectivity index (χ0) is 18.4. The van der Waals surface area contributed by atoms with E-state index in [0.29, 0.717) is 18.8 Å². The number of hydrogen-bond acceptors (Lipinski definition) is 6. The van der Waals surface area contributed by atoms with Gasteiger partial charge in [0.2, 0.25) is 0 Å². The van der Waals surface area contributed by atoms with Crippen LogP contribution in [-0.2, 0) is 11.3 Å². The lowest BCUT2D eigenvalue weighted by Gasteiger charge is -2.24. The van der Waals surface area contributed by atoms with Gasteiger partial charge >= 0.3 is 5.97 Å². The molecule has 0 amide bonds. The van der Waals surface area contributed by atoms with E-state index in [2.05, 4.69) is 32.1 Å². The Hall–Kier alpha value is -2.54. The van der Waals surface area contributed by atoms with Gasteiger partial charge in [0.25, 0.3) is 0 Å². The number of H-pyrrole nitrogens is 1. The van der Waals surface area contributed by atoms with Crippen LogP contribution in [0.1, 0.15) is 29.4 Å². The van der Waals surface area contributed by atoms with Gasteiger partial charge in [-0.25, -0.2) is 4.79 Å². The van der Waals surface area contributed by atoms with E-state index in [9.17, 15) is 4.79 Å². The minimum absolute atomic E-state index is 0.340. The molecule has 3 rings (SSSR count). The van der Waals surface area contributed by atoms with Gasteiger partial charge in [-0.05, 0) is 25.5 Å². The maximum absolute atomic E-state index is 12.0. The van der Waals surface area contributed by atoms with Crippen LogP contribution < -0.4 is 9.64 Å². The maximum atomic E-state index is 12.0. The van der Waals surface area contributed by atoms with Gasteiger partial charge < -0.3 is 14.4 Å². The molecule has 0 saturated carbocycles. The van der Waals surface area contributed by atoms with Gasteiger partial charge in [0, 0.05) is 50.0 Å². The normalized spacial score (nSPS) is 15.5. The van der Waals surface area contributed by atoms with Crippen LogP contribution in [0.3, 0.4) is 0 Å². The average Bonchev–Trinajstić information content (AvgIpc) is 2.99. The zero-order valence-electron chi connectivity index (χ0n) is 15.4. The lowest BCUT2D eigenvalue weighted by atomic mass is 10.2. The van der Waals surface area contributed by atoms with Crippen LogP contribution in [0.2, 0.25) is 0 Å². The molecule has 1 saturated heterocycles. The Balaban J connectivity index is 1.62. The summed E-state index contributed by atoms with van der Waals surface area (Å²) >= 11 is 0. The molecule has 26 heavy (non-hydrogen) atoms. The number of carbonyl (C=O) groups is 1. The third kappa shape index (κ3) is 4.35. The summed E-state index contributed by atoms with van der Waals surface area (Å²) in [5.41, 5.74) is 2.53. The van der Waals surface area contributed by atoms with E-state index >= 15 is 0 Å². The summed E-state index contributed by atoms with van der Waals surface area (Å²) in [4.78, 5) is 16.7. The van der Waals surface area contributed by atoms with E-state index in [0.717, 1.165) is 43.9 Å². The SMILES string of the molecule is CCOC(=O)c1[nH]ncc1CN1CCCN(c2cccc(OC)c2)CC1. The van der Waals surface area contributed by atoms with Crippen LogP contribution in [0.5, 0.6) is 5.75 Å². The van der Waals surface area contributed by atoms with Gasteiger partial charge in [0.1, 0.15) is 11.4 Å². The first-order valence-electron chi connectivity index (χ1n) is 9.02. The first kappa shape index (κ1) is 18.3. The molecule has 2 heterocycles. The van der Waals surface area contributed by atoms with Crippen LogP contribution in [0.25, 0.3) is 0 Å². The highest BCUT2D eigenvalue weighted by Crippen LogP contribution is 2.22. The molecule has 1 aromatic heterocycles. The first-order valence-corrected chi connectivity index (χ1v) is 9.02. The van der Waals surface area contributed by atoms with Gasteiger partial charge in [-0.2, -0.15) is 5.10 Å². The van der Waals surface area contributed by atoms with E-state index in [1.54, 1.807) is 20.2 Å². The molecule has 0 aliphatic carbocycles. The number of nitrogens with one attached hydrogen (secondary N) is 1. The van der Waals surface area contributed by atoms with Crippen molar-refractivity contribution in [1.29, 1.82) is 0 Å². The Labute approximate surface area is 153 Å². The number of esters is 1. The smallest absolute Gasteiger partial charge is 0.356 e. The summed E-state index contributed by atoms with van der Waals surface area (Å²) < 4.78 is 10.4. The molecule has 0 unspecified atom stereocenters. The largest absolute Gasteiger partial charge is 0.497 e. The fraction of sp³-hybridized carbons (Fsp3) is 0.474. The van der Waals surface area contributed by atoms with Crippen molar-refractivity contribution >= 4 is 11.7 Å². The topological polar surface area (TPSA) is 70.7 Å². The van der Waals surface area contributed by atoms with E-state index in [1.807, 2.05) is 12.1 Å². The molecule has 0 bridgehead atoms. The van der Waals surface area contributed by atoms with E-state index in [-0.39, 0.29) is 5.97 Å². The van der Waals surface area contributed by atoms with Crippen LogP contribution in [0, 0.1) is 0 Å². The highest BCUT2D eigenvalue weighted by Gasteiger charge is 2.20. The Morgan fingerprint density at radius 2 is 2.15 bits per heavy atom. The Bertz CT molecular complexity index is 731. The molecular weight excluding hydrogens is 332 g/mol. The molecule has 2 aromatic rings. The van der Waals surface area contributed by atoms with Crippen LogP contribution >= 0.6 is 0 Å². The van der Waals surface area contributed by atoms with Gasteiger partial charge in [-0.1, -0.05) is 6.07 Å². The third-order valence-electron chi connectivity index (χ3n) is 4.60. The average molecular weight is 358 g/mol. The number of benzene rings is 1. The second kappa shape index (κ2) is 8.71. The summed E-state index contributed by atoms with van der Waals surface area (Å²) in [6.07, 6.45) is 2.78. The second-order valence-corrected chi connectivity index (χ2v) is 6.31. The number of anilines is 1. The molecule has 1 aromatic carbocycles. The number of aromatic nitrogens is 2. The lowest BCUT2D eigenvalue weighted by Crippen LogP contribution is -2.30. The minimum atomic E-state index is -0.340. The zero-order valence-corrected chi connectivity index (χ0v) is 15.4. The summed E-state index contributed by atoms with van der Waals surface area (Å²) in [7, 11) is 1.69. The fourth-order valence-electron chi connectivity index (χ4n) is 3.25. The summed E-state index contributed by atoms with van der Waals surface area (Å²) in [5, 5.41) is 6.79. The van der Waals surface area contributed by atoms with Gasteiger partial charge in [0.05, 0.1) is 19.9 Å². The molecule has 0 radical (unpaired) electrons. The molecule has 7 nitrogen and oxygen atoms in total. The molecule has 140 valence electrons. The Morgan fingerprint density at radius 1 is 1.27 bits per heavy atom. The number of rotatable bonds is 6. The van der Waals surface area contributed by atoms with Crippen LogP contribution in [0.15, 0.2) is 30.5 Å². The summed E-state index contributed by atoms with van der Waals surface area (Å²) in [6, 6.07) is 8.18. The van der Waals surface area contributed by atoms with Crippen molar-refractivity contribution in [2.45, 2.75) is 19.9 Å². The van der Waals surface area contributed by atoms with Crippen molar-refractivity contribution < 1.29 is 14.3 Å². The highest BCUT2D eigenvalue weighted by molar-refractivity contribution is 5.88. The summed E-state index contributed by atoms with van der Waals surface area (Å²) in [6.45, 7) is 6.68. The van der Waals surface area contributed by atoms with Crippen molar-refractivity contribution in [3.05, 3.63) is 41.7 Å². The molecule has 1 aliphatic heterocycles. The number of nitrogens with zero attached hydrogens (tertiary/aromatic N) is 3. The number of hydrogen-bond donors (Lipinski definition) is 1. The number of methoxy groups -OCH3 is 1. The van der Waals surface area contributed by atoms with Gasteiger partial charge in [0.15, 0.2) is 0 Å². The maximum Gasteiger partial charge on any atom is 0.356 e. The second-order valence-electron chi connectivity index (χ2n) is 6.31. The standard InChI is InChI=1S/C19H26N4O3/c1-3-26-19(24)18-15(13-20-21-18)14-22-8-5-9-23(11-10-22)16-6-4-7-17(12-16)25-2/h4,6-7,12-13H,3,5,8-11,14H2,1-2H3,(H,20,21). The van der Waals surface area contributed by atoms with Gasteiger partial charge in [-0.15, -0.1) is 0 Å². The molecular formula is C19H26N4O3. The number of ether oxygens (including phenoxy) is 2. The molecule has 0 spiro atoms. The fourth-order valence-corrected chi connectivity index (χ4v) is 3.25. The summed E-state index contributed by atoms with van der Waals surface area (Å²) in [5.74, 6) is 0.536. The first-order chi connectivity index (χ1) is 12.7. The van der Waals surface area contributed by atoms with Crippen molar-refractivity contribution in [3.63, 3.8) is 0 Å². The van der Waals surface area contributed by atoms with Gasteiger partial charge in [-0.3, -0.25) is 10.00 Å². The number of aromatic amines is 1. The molecule has 1 fully saturated rings. The molecule has 1 aliphatic rings. The van der Waals surface area contributed by atoms with E-state index < -0.39 is 0 Å². The predicted octanol–water partition coefficient (Wildman–Crippen LogP) is 2.31. The molecule has 1 N–H and O–H groups in total. The Kier molecular flexibility index (Phi) is 6.12. The van der Waals surface area contributed by atoms with Crippen molar-refractivity contribution in [1.82, 2.24) is 15.1 Å². The third-order valence-corrected chi connectivity index (χ3v) is 4.60. The monoisotopic (exact) mass is 358 g/mol. The lowest BCUT2D eigenvalue weighted by molar-refractivity contribution is 0.0517. The Morgan fingerprint density at radius 3 is 2.96 bits per heavy atom. The van der Waals surface area contributed by atoms with Crippen molar-refractivity contribution in [3.8, 4) is 5.75 Å². The van der Waals surface area contributed by atoms with E-state index in [4.69, 9.17) is 9.47 Å². The predicted molar refractivity (Wildman–Crippen MR) is 99.6 cm³/mol. The molecule has 0 atom stereocenters. The quantitative estimate of drug-likeness (QED) is 0.799. The highest BCUT2D eigenvalue weighted by atomic mass is 16.5. The number of carbonyl (C=O) groups excluding carboxylic acids is 1. The minimum Gasteiger partial charge on any atom is -0.497 e. The van der Waals surface area contributed by atoms with Crippen LogP contribution in [0.4, 0.5) is 5.69 Å². The molecule has 7 heteroatoms.